The maximum Gasteiger partial charge on any atom is 0.433 e. The normalized spacial score (nSPS) is 15.1. The second-order valence-electron chi connectivity index (χ2n) is 9.54. The number of rotatable bonds is 8. The molecule has 0 unspecified atom stereocenters. The Bertz CT molecular complexity index is 1640. The second-order valence-corrected chi connectivity index (χ2v) is 11.8. The number of pyridine rings is 1. The average molecular weight is 588 g/mol. The van der Waals surface area contributed by atoms with Gasteiger partial charge in [0.2, 0.25) is 10.0 Å². The Morgan fingerprint density at radius 1 is 1.00 bits per heavy atom. The summed E-state index contributed by atoms with van der Waals surface area (Å²) in [4.78, 5) is 12.2. The number of piperidine rings is 1. The van der Waals surface area contributed by atoms with E-state index in [4.69, 9.17) is 9.47 Å². The molecule has 1 saturated heterocycles. The summed E-state index contributed by atoms with van der Waals surface area (Å²) in [6.07, 6.45) is -0.607. The number of ether oxygens (including phenoxy) is 2. The summed E-state index contributed by atoms with van der Waals surface area (Å²) in [7, 11) is -1.74. The number of nitrogens with one attached hydrogen (secondary N) is 1. The first-order chi connectivity index (χ1) is 19.6. The maximum atomic E-state index is 12.8. The van der Waals surface area contributed by atoms with E-state index in [2.05, 4.69) is 20.3 Å². The van der Waals surface area contributed by atoms with Crippen molar-refractivity contribution in [3.05, 3.63) is 72.3 Å². The molecule has 41 heavy (non-hydrogen) atoms. The lowest BCUT2D eigenvalue weighted by molar-refractivity contribution is -0.141. The van der Waals surface area contributed by atoms with Crippen LogP contribution in [-0.4, -0.2) is 53.6 Å². The van der Waals surface area contributed by atoms with Gasteiger partial charge in [-0.2, -0.15) is 13.2 Å². The molecule has 1 N–H and O–H groups in total. The molecule has 0 radical (unpaired) electrons. The zero-order valence-electron chi connectivity index (χ0n) is 22.4. The van der Waals surface area contributed by atoms with Gasteiger partial charge in [-0.15, -0.1) is 0 Å². The van der Waals surface area contributed by atoms with Crippen molar-refractivity contribution >= 4 is 32.4 Å². The highest BCUT2D eigenvalue weighted by Crippen LogP contribution is 2.37. The summed E-state index contributed by atoms with van der Waals surface area (Å²) in [6, 6.07) is 13.1. The third kappa shape index (κ3) is 6.35. The fourth-order valence-corrected chi connectivity index (χ4v) is 5.91. The van der Waals surface area contributed by atoms with Crippen LogP contribution in [0.2, 0.25) is 0 Å². The predicted octanol–water partition coefficient (Wildman–Crippen LogP) is 6.12. The number of aromatic nitrogens is 3. The quantitative estimate of drug-likeness (QED) is 0.263. The minimum atomic E-state index is -4.54. The predicted molar refractivity (Wildman–Crippen MR) is 148 cm³/mol. The first-order valence-corrected chi connectivity index (χ1v) is 14.6. The van der Waals surface area contributed by atoms with Crippen LogP contribution in [0.5, 0.6) is 17.2 Å². The number of nitrogens with zero attached hydrogens (tertiary/aromatic N) is 4. The maximum absolute atomic E-state index is 12.8. The van der Waals surface area contributed by atoms with Crippen molar-refractivity contribution < 1.29 is 31.1 Å². The molecule has 4 aromatic rings. The molecule has 0 atom stereocenters. The van der Waals surface area contributed by atoms with Gasteiger partial charge < -0.3 is 14.8 Å². The van der Waals surface area contributed by atoms with Crippen molar-refractivity contribution in [2.45, 2.75) is 31.9 Å². The number of fused-ring (bicyclic) bond motifs is 1. The molecule has 13 heteroatoms. The molecule has 2 aromatic heterocycles. The van der Waals surface area contributed by atoms with Gasteiger partial charge in [0.15, 0.2) is 11.5 Å². The lowest BCUT2D eigenvalue weighted by atomic mass is 9.89. The van der Waals surface area contributed by atoms with Gasteiger partial charge in [-0.1, -0.05) is 6.07 Å². The molecule has 0 amide bonds. The molecule has 216 valence electrons. The van der Waals surface area contributed by atoms with Crippen LogP contribution in [0.3, 0.4) is 0 Å². The van der Waals surface area contributed by atoms with E-state index in [0.29, 0.717) is 36.1 Å². The molecular formula is C28H28F3N5O4S. The monoisotopic (exact) mass is 587 g/mol. The number of benzene rings is 2. The summed E-state index contributed by atoms with van der Waals surface area (Å²) < 4.78 is 75.6. The standard InChI is InChI=1S/C28H28F3N5O4S/c1-3-41(37,38)36-12-10-18(11-13-36)19-4-7-23-22(14-19)27(34-17-33-23)35-20-5-8-24(25(15-20)39-2)40-21-6-9-26(32-16-21)28(29,30)31/h4-9,14-18H,3,10-13H2,1-2H3,(H,33,34,35). The SMILES string of the molecule is CCS(=O)(=O)N1CCC(c2ccc3ncnc(Nc4ccc(Oc5ccc(C(F)(F)F)nc5)c(OC)c4)c3c2)CC1. The third-order valence-electron chi connectivity index (χ3n) is 7.02. The lowest BCUT2D eigenvalue weighted by Gasteiger charge is -2.31. The van der Waals surface area contributed by atoms with Crippen molar-refractivity contribution in [3.63, 3.8) is 0 Å². The van der Waals surface area contributed by atoms with Crippen LogP contribution in [0.4, 0.5) is 24.7 Å². The van der Waals surface area contributed by atoms with Crippen LogP contribution in [0, 0.1) is 0 Å². The van der Waals surface area contributed by atoms with Crippen molar-refractivity contribution in [1.82, 2.24) is 19.3 Å². The molecule has 0 aliphatic carbocycles. The highest BCUT2D eigenvalue weighted by molar-refractivity contribution is 7.89. The fraction of sp³-hybridized carbons (Fsp3) is 0.321. The number of hydrogen-bond donors (Lipinski definition) is 1. The van der Waals surface area contributed by atoms with Gasteiger partial charge in [-0.05, 0) is 67.6 Å². The molecule has 0 bridgehead atoms. The summed E-state index contributed by atoms with van der Waals surface area (Å²) in [5.41, 5.74) is 1.48. The fourth-order valence-electron chi connectivity index (χ4n) is 4.78. The zero-order chi connectivity index (χ0) is 29.2. The molecule has 1 aliphatic rings. The second kappa shape index (κ2) is 11.5. The minimum Gasteiger partial charge on any atom is -0.493 e. The van der Waals surface area contributed by atoms with E-state index in [1.165, 1.54) is 19.5 Å². The van der Waals surface area contributed by atoms with Crippen molar-refractivity contribution in [3.8, 4) is 17.2 Å². The molecule has 0 saturated carbocycles. The van der Waals surface area contributed by atoms with Gasteiger partial charge in [0.25, 0.3) is 0 Å². The molecule has 1 aliphatic heterocycles. The van der Waals surface area contributed by atoms with Gasteiger partial charge in [-0.3, -0.25) is 0 Å². The number of alkyl halides is 3. The smallest absolute Gasteiger partial charge is 0.433 e. The Morgan fingerprint density at radius 3 is 2.44 bits per heavy atom. The molecule has 9 nitrogen and oxygen atoms in total. The van der Waals surface area contributed by atoms with E-state index in [0.717, 1.165) is 41.6 Å². The molecular weight excluding hydrogens is 559 g/mol. The Labute approximate surface area is 235 Å². The van der Waals surface area contributed by atoms with Crippen molar-refractivity contribution in [2.24, 2.45) is 0 Å². The topological polar surface area (TPSA) is 107 Å². The van der Waals surface area contributed by atoms with Gasteiger partial charge in [-0.25, -0.2) is 27.7 Å². The van der Waals surface area contributed by atoms with E-state index in [1.807, 2.05) is 18.2 Å². The molecule has 2 aromatic carbocycles. The van der Waals surface area contributed by atoms with Crippen molar-refractivity contribution in [2.75, 3.05) is 31.3 Å². The van der Waals surface area contributed by atoms with Crippen LogP contribution in [0.1, 0.15) is 36.9 Å². The Kier molecular flexibility index (Phi) is 8.00. The van der Waals surface area contributed by atoms with Crippen molar-refractivity contribution in [1.29, 1.82) is 0 Å². The van der Waals surface area contributed by atoms with Crippen LogP contribution in [0.25, 0.3) is 10.9 Å². The van der Waals surface area contributed by atoms with E-state index < -0.39 is 21.9 Å². The summed E-state index contributed by atoms with van der Waals surface area (Å²) in [5.74, 6) is 1.67. The summed E-state index contributed by atoms with van der Waals surface area (Å²) in [5, 5.41) is 4.10. The summed E-state index contributed by atoms with van der Waals surface area (Å²) >= 11 is 0. The Morgan fingerprint density at radius 2 is 1.78 bits per heavy atom. The number of sulfonamides is 1. The van der Waals surface area contributed by atoms with Gasteiger partial charge in [0.1, 0.15) is 23.6 Å². The molecule has 0 spiro atoms. The average Bonchev–Trinajstić information content (AvgIpc) is 2.97. The van der Waals surface area contributed by atoms with Gasteiger partial charge >= 0.3 is 6.18 Å². The first kappa shape index (κ1) is 28.6. The highest BCUT2D eigenvalue weighted by atomic mass is 32.2. The van der Waals surface area contributed by atoms with Gasteiger partial charge in [0.05, 0.1) is 24.6 Å². The molecule has 1 fully saturated rings. The third-order valence-corrected chi connectivity index (χ3v) is 8.91. The highest BCUT2D eigenvalue weighted by Gasteiger charge is 2.32. The molecule has 3 heterocycles. The summed E-state index contributed by atoms with van der Waals surface area (Å²) in [6.45, 7) is 2.64. The lowest BCUT2D eigenvalue weighted by Crippen LogP contribution is -2.38. The number of anilines is 2. The van der Waals surface area contributed by atoms with Crippen LogP contribution in [-0.2, 0) is 16.2 Å². The van der Waals surface area contributed by atoms with E-state index in [9.17, 15) is 21.6 Å². The van der Waals surface area contributed by atoms with Gasteiger partial charge in [0, 0.05) is 30.2 Å². The molecule has 5 rings (SSSR count). The van der Waals surface area contributed by atoms with Crippen LogP contribution in [0.15, 0.2) is 61.1 Å². The minimum absolute atomic E-state index is 0.101. The Hall–Kier alpha value is -3.97. The largest absolute Gasteiger partial charge is 0.493 e. The Balaban J connectivity index is 1.34. The first-order valence-electron chi connectivity index (χ1n) is 13.0. The van der Waals surface area contributed by atoms with E-state index >= 15 is 0 Å². The zero-order valence-corrected chi connectivity index (χ0v) is 23.2. The van der Waals surface area contributed by atoms with E-state index in [1.54, 1.807) is 29.4 Å². The van der Waals surface area contributed by atoms with E-state index in [-0.39, 0.29) is 17.4 Å². The number of methoxy groups -OCH3 is 1. The van der Waals surface area contributed by atoms with Crippen LogP contribution < -0.4 is 14.8 Å². The number of halogens is 3. The van der Waals surface area contributed by atoms with Crippen LogP contribution >= 0.6 is 0 Å². The number of hydrogen-bond acceptors (Lipinski definition) is 8.